The Hall–Kier alpha value is -2.34. The molecule has 1 aliphatic rings. The Bertz CT molecular complexity index is 806. The molecule has 6 nitrogen and oxygen atoms in total. The normalized spacial score (nSPS) is 14.9. The van der Waals surface area contributed by atoms with Gasteiger partial charge in [0.15, 0.2) is 0 Å². The first-order valence-corrected chi connectivity index (χ1v) is 9.18. The van der Waals surface area contributed by atoms with E-state index < -0.39 is 0 Å². The quantitative estimate of drug-likeness (QED) is 0.836. The SMILES string of the molecule is Cc1noc(C)c1C(=O)Nc1ccc(Cl)c(C(=O)NC2CCCCC2)c1. The number of hydrogen-bond acceptors (Lipinski definition) is 4. The van der Waals surface area contributed by atoms with E-state index in [1.54, 1.807) is 32.0 Å². The number of nitrogens with zero attached hydrogens (tertiary/aromatic N) is 1. The van der Waals surface area contributed by atoms with E-state index in [2.05, 4.69) is 15.8 Å². The molecule has 0 saturated heterocycles. The van der Waals surface area contributed by atoms with Gasteiger partial charge >= 0.3 is 0 Å². The third-order valence-electron chi connectivity index (χ3n) is 4.67. The van der Waals surface area contributed by atoms with Gasteiger partial charge in [-0.2, -0.15) is 0 Å². The van der Waals surface area contributed by atoms with E-state index in [0.29, 0.717) is 33.3 Å². The summed E-state index contributed by atoms with van der Waals surface area (Å²) in [4.78, 5) is 25.0. The molecule has 2 N–H and O–H groups in total. The number of rotatable bonds is 4. The Balaban J connectivity index is 1.74. The number of anilines is 1. The number of amides is 2. The fourth-order valence-electron chi connectivity index (χ4n) is 3.29. The Morgan fingerprint density at radius 3 is 2.54 bits per heavy atom. The molecule has 26 heavy (non-hydrogen) atoms. The molecule has 1 fully saturated rings. The van der Waals surface area contributed by atoms with Crippen LogP contribution >= 0.6 is 11.6 Å². The van der Waals surface area contributed by atoms with Crippen LogP contribution < -0.4 is 10.6 Å². The summed E-state index contributed by atoms with van der Waals surface area (Å²) in [6.45, 7) is 3.39. The fraction of sp³-hybridized carbons (Fsp3) is 0.421. The van der Waals surface area contributed by atoms with Gasteiger partial charge in [0.05, 0.1) is 16.3 Å². The highest BCUT2D eigenvalue weighted by Crippen LogP contribution is 2.24. The van der Waals surface area contributed by atoms with Gasteiger partial charge < -0.3 is 15.2 Å². The van der Waals surface area contributed by atoms with Crippen LogP contribution in [-0.2, 0) is 0 Å². The third kappa shape index (κ3) is 4.07. The topological polar surface area (TPSA) is 84.2 Å². The van der Waals surface area contributed by atoms with Crippen molar-refractivity contribution in [3.05, 3.63) is 45.8 Å². The average Bonchev–Trinajstić information content (AvgIpc) is 2.96. The van der Waals surface area contributed by atoms with Crippen LogP contribution in [0.2, 0.25) is 5.02 Å². The molecule has 7 heteroatoms. The van der Waals surface area contributed by atoms with Gasteiger partial charge in [0.2, 0.25) is 0 Å². The van der Waals surface area contributed by atoms with E-state index in [0.717, 1.165) is 25.7 Å². The molecule has 0 aliphatic heterocycles. The highest BCUT2D eigenvalue weighted by molar-refractivity contribution is 6.34. The minimum absolute atomic E-state index is 0.188. The first-order chi connectivity index (χ1) is 12.5. The summed E-state index contributed by atoms with van der Waals surface area (Å²) >= 11 is 6.20. The van der Waals surface area contributed by atoms with Crippen LogP contribution in [0.15, 0.2) is 22.7 Å². The Morgan fingerprint density at radius 1 is 1.15 bits per heavy atom. The molecule has 1 aliphatic carbocycles. The molecular weight excluding hydrogens is 354 g/mol. The van der Waals surface area contributed by atoms with Crippen molar-refractivity contribution in [3.8, 4) is 0 Å². The van der Waals surface area contributed by atoms with Crippen LogP contribution in [0.25, 0.3) is 0 Å². The molecule has 0 spiro atoms. The molecular formula is C19H22ClN3O3. The molecule has 1 aromatic carbocycles. The molecule has 2 amide bonds. The summed E-state index contributed by atoms with van der Waals surface area (Å²) in [5.41, 5.74) is 1.76. The standard InChI is InChI=1S/C19H22ClN3O3/c1-11-17(12(2)26-23-11)19(25)22-14-8-9-16(20)15(10-14)18(24)21-13-6-4-3-5-7-13/h8-10,13H,3-7H2,1-2H3,(H,21,24)(H,22,25). The monoisotopic (exact) mass is 375 g/mol. The van der Waals surface area contributed by atoms with E-state index in [9.17, 15) is 9.59 Å². The van der Waals surface area contributed by atoms with Crippen LogP contribution in [0.1, 0.15) is 64.3 Å². The van der Waals surface area contributed by atoms with Crippen LogP contribution in [0, 0.1) is 13.8 Å². The van der Waals surface area contributed by atoms with E-state index in [4.69, 9.17) is 16.1 Å². The molecule has 0 atom stereocenters. The van der Waals surface area contributed by atoms with E-state index in [1.807, 2.05) is 0 Å². The van der Waals surface area contributed by atoms with Gasteiger partial charge in [-0.05, 0) is 44.9 Å². The van der Waals surface area contributed by atoms with E-state index in [1.165, 1.54) is 6.42 Å². The molecule has 2 aromatic rings. The van der Waals surface area contributed by atoms with Crippen molar-refractivity contribution in [1.29, 1.82) is 0 Å². The predicted molar refractivity (Wildman–Crippen MR) is 99.7 cm³/mol. The second-order valence-corrected chi connectivity index (χ2v) is 7.06. The van der Waals surface area contributed by atoms with Gasteiger partial charge in [-0.1, -0.05) is 36.0 Å². The lowest BCUT2D eigenvalue weighted by molar-refractivity contribution is 0.0926. The summed E-state index contributed by atoms with van der Waals surface area (Å²) < 4.78 is 5.02. The maximum absolute atomic E-state index is 12.6. The maximum atomic E-state index is 12.6. The number of nitrogens with one attached hydrogen (secondary N) is 2. The van der Waals surface area contributed by atoms with Crippen LogP contribution in [0.3, 0.4) is 0 Å². The van der Waals surface area contributed by atoms with Gasteiger partial charge in [0, 0.05) is 11.7 Å². The summed E-state index contributed by atoms with van der Waals surface area (Å²) in [5.74, 6) is -0.0956. The lowest BCUT2D eigenvalue weighted by Gasteiger charge is -2.23. The smallest absolute Gasteiger partial charge is 0.261 e. The highest BCUT2D eigenvalue weighted by atomic mass is 35.5. The number of aryl methyl sites for hydroxylation is 2. The number of carbonyl (C=O) groups is 2. The average molecular weight is 376 g/mol. The van der Waals surface area contributed by atoms with Crippen molar-refractivity contribution in [3.63, 3.8) is 0 Å². The van der Waals surface area contributed by atoms with E-state index >= 15 is 0 Å². The van der Waals surface area contributed by atoms with Crippen molar-refractivity contribution in [1.82, 2.24) is 10.5 Å². The molecule has 3 rings (SSSR count). The molecule has 0 radical (unpaired) electrons. The second kappa shape index (κ2) is 7.91. The van der Waals surface area contributed by atoms with Gasteiger partial charge in [0.25, 0.3) is 11.8 Å². The van der Waals surface area contributed by atoms with E-state index in [-0.39, 0.29) is 17.9 Å². The Morgan fingerprint density at radius 2 is 1.88 bits per heavy atom. The lowest BCUT2D eigenvalue weighted by Crippen LogP contribution is -2.36. The zero-order valence-electron chi connectivity index (χ0n) is 14.9. The second-order valence-electron chi connectivity index (χ2n) is 6.66. The van der Waals surface area contributed by atoms with Gasteiger partial charge in [-0.25, -0.2) is 0 Å². The van der Waals surface area contributed by atoms with Crippen LogP contribution in [0.5, 0.6) is 0 Å². The molecule has 138 valence electrons. The first-order valence-electron chi connectivity index (χ1n) is 8.80. The number of aromatic nitrogens is 1. The number of halogens is 1. The summed E-state index contributed by atoms with van der Waals surface area (Å²) in [6.07, 6.45) is 5.46. The fourth-order valence-corrected chi connectivity index (χ4v) is 3.49. The summed E-state index contributed by atoms with van der Waals surface area (Å²) in [7, 11) is 0. The Kier molecular flexibility index (Phi) is 5.61. The zero-order chi connectivity index (χ0) is 18.7. The zero-order valence-corrected chi connectivity index (χ0v) is 15.7. The maximum Gasteiger partial charge on any atom is 0.261 e. The summed E-state index contributed by atoms with van der Waals surface area (Å²) in [5, 5.41) is 9.95. The van der Waals surface area contributed by atoms with Gasteiger partial charge in [-0.15, -0.1) is 0 Å². The predicted octanol–water partition coefficient (Wildman–Crippen LogP) is 4.26. The molecule has 1 saturated carbocycles. The minimum atomic E-state index is -0.331. The minimum Gasteiger partial charge on any atom is -0.361 e. The molecule has 1 aromatic heterocycles. The van der Waals surface area contributed by atoms with Crippen LogP contribution in [-0.4, -0.2) is 23.0 Å². The van der Waals surface area contributed by atoms with Crippen molar-refractivity contribution < 1.29 is 14.1 Å². The van der Waals surface area contributed by atoms with Crippen molar-refractivity contribution >= 4 is 29.1 Å². The third-order valence-corrected chi connectivity index (χ3v) is 5.00. The first kappa shape index (κ1) is 18.5. The molecule has 1 heterocycles. The Labute approximate surface area is 157 Å². The number of carbonyl (C=O) groups excluding carboxylic acids is 2. The van der Waals surface area contributed by atoms with Gasteiger partial charge in [0.1, 0.15) is 11.3 Å². The van der Waals surface area contributed by atoms with Crippen molar-refractivity contribution in [2.45, 2.75) is 52.0 Å². The molecule has 0 unspecified atom stereocenters. The van der Waals surface area contributed by atoms with Gasteiger partial charge in [-0.3, -0.25) is 9.59 Å². The largest absolute Gasteiger partial charge is 0.361 e. The van der Waals surface area contributed by atoms with Crippen molar-refractivity contribution in [2.75, 3.05) is 5.32 Å². The summed E-state index contributed by atoms with van der Waals surface area (Å²) in [6, 6.07) is 5.06. The van der Waals surface area contributed by atoms with Crippen molar-refractivity contribution in [2.24, 2.45) is 0 Å². The number of hydrogen-bond donors (Lipinski definition) is 2. The lowest BCUT2D eigenvalue weighted by atomic mass is 9.95. The highest BCUT2D eigenvalue weighted by Gasteiger charge is 2.20. The number of benzene rings is 1. The van der Waals surface area contributed by atoms with Crippen LogP contribution in [0.4, 0.5) is 5.69 Å². The molecule has 0 bridgehead atoms.